The van der Waals surface area contributed by atoms with Crippen molar-refractivity contribution in [2.24, 2.45) is 10.1 Å². The van der Waals surface area contributed by atoms with E-state index in [1.165, 1.54) is 0 Å². The van der Waals surface area contributed by atoms with E-state index in [9.17, 15) is 0 Å². The maximum atomic E-state index is 5.43. The highest BCUT2D eigenvalue weighted by Gasteiger charge is 2.13. The number of rotatable bonds is 5. The number of hydrogen-bond donors (Lipinski definition) is 0. The standard InChI is InChI=1S/C20H19N3O3S/c1-3-21-20-23(17(12-27-20)15-5-7-16(24-2)8-6-15)22-11-14-4-9-18-19(10-14)26-13-25-18/h4-12H,3,13H2,1-2H3. The highest BCUT2D eigenvalue weighted by atomic mass is 32.1. The Morgan fingerprint density at radius 1 is 1.15 bits per heavy atom. The van der Waals surface area contributed by atoms with Crippen LogP contribution in [0.15, 0.2) is 57.9 Å². The molecule has 0 saturated heterocycles. The third kappa shape index (κ3) is 3.59. The lowest BCUT2D eigenvalue weighted by atomic mass is 10.2. The molecule has 0 aliphatic carbocycles. The molecule has 1 aromatic heterocycles. The normalized spacial score (nSPS) is 13.5. The van der Waals surface area contributed by atoms with Gasteiger partial charge in [0, 0.05) is 17.5 Å². The Bertz CT molecular complexity index is 1040. The Hall–Kier alpha value is -3.06. The molecule has 138 valence electrons. The van der Waals surface area contributed by atoms with Gasteiger partial charge in [0.25, 0.3) is 0 Å². The van der Waals surface area contributed by atoms with E-state index in [0.29, 0.717) is 6.54 Å². The van der Waals surface area contributed by atoms with Crippen molar-refractivity contribution in [1.82, 2.24) is 4.68 Å². The number of nitrogens with zero attached hydrogens (tertiary/aromatic N) is 3. The van der Waals surface area contributed by atoms with E-state index < -0.39 is 0 Å². The molecule has 27 heavy (non-hydrogen) atoms. The Balaban J connectivity index is 1.72. The zero-order valence-corrected chi connectivity index (χ0v) is 15.9. The van der Waals surface area contributed by atoms with Gasteiger partial charge in [-0.2, -0.15) is 5.10 Å². The second-order valence-corrected chi connectivity index (χ2v) is 6.61. The Labute approximate surface area is 161 Å². The summed E-state index contributed by atoms with van der Waals surface area (Å²) >= 11 is 1.57. The first-order chi connectivity index (χ1) is 13.3. The van der Waals surface area contributed by atoms with Crippen molar-refractivity contribution in [2.75, 3.05) is 20.4 Å². The first-order valence-electron chi connectivity index (χ1n) is 8.58. The fraction of sp³-hybridized carbons (Fsp3) is 0.200. The molecule has 2 heterocycles. The van der Waals surface area contributed by atoms with E-state index >= 15 is 0 Å². The van der Waals surface area contributed by atoms with E-state index in [1.807, 2.05) is 54.1 Å². The van der Waals surface area contributed by atoms with Crippen LogP contribution >= 0.6 is 11.3 Å². The average Bonchev–Trinajstić information content (AvgIpc) is 3.33. The van der Waals surface area contributed by atoms with Crippen molar-refractivity contribution in [1.29, 1.82) is 0 Å². The molecule has 1 aliphatic rings. The molecule has 2 aromatic carbocycles. The Kier molecular flexibility index (Phi) is 4.93. The van der Waals surface area contributed by atoms with Crippen molar-refractivity contribution in [2.45, 2.75) is 6.92 Å². The molecule has 0 bridgehead atoms. The summed E-state index contributed by atoms with van der Waals surface area (Å²) in [5.74, 6) is 2.32. The van der Waals surface area contributed by atoms with Gasteiger partial charge in [-0.15, -0.1) is 11.3 Å². The molecular formula is C20H19N3O3S. The second-order valence-electron chi connectivity index (χ2n) is 5.78. The van der Waals surface area contributed by atoms with Gasteiger partial charge < -0.3 is 14.2 Å². The monoisotopic (exact) mass is 381 g/mol. The van der Waals surface area contributed by atoms with E-state index in [2.05, 4.69) is 15.5 Å². The first kappa shape index (κ1) is 17.4. The minimum Gasteiger partial charge on any atom is -0.497 e. The summed E-state index contributed by atoms with van der Waals surface area (Å²) in [5.41, 5.74) is 2.96. The van der Waals surface area contributed by atoms with Crippen LogP contribution in [0.1, 0.15) is 12.5 Å². The number of fused-ring (bicyclic) bond motifs is 1. The molecule has 0 saturated carbocycles. The van der Waals surface area contributed by atoms with E-state index in [0.717, 1.165) is 38.9 Å². The summed E-state index contributed by atoms with van der Waals surface area (Å²) in [7, 11) is 1.66. The van der Waals surface area contributed by atoms with Crippen LogP contribution < -0.4 is 19.0 Å². The number of thiazole rings is 1. The fourth-order valence-electron chi connectivity index (χ4n) is 2.73. The van der Waals surface area contributed by atoms with Gasteiger partial charge in [0.15, 0.2) is 11.5 Å². The lowest BCUT2D eigenvalue weighted by Gasteiger charge is -2.05. The lowest BCUT2D eigenvalue weighted by Crippen LogP contribution is -2.12. The maximum absolute atomic E-state index is 5.43. The quantitative estimate of drug-likeness (QED) is 0.633. The van der Waals surface area contributed by atoms with Gasteiger partial charge in [0.2, 0.25) is 11.6 Å². The van der Waals surface area contributed by atoms with Crippen LogP contribution in [0.2, 0.25) is 0 Å². The van der Waals surface area contributed by atoms with Gasteiger partial charge in [0.1, 0.15) is 5.75 Å². The Morgan fingerprint density at radius 3 is 2.74 bits per heavy atom. The molecule has 0 amide bonds. The van der Waals surface area contributed by atoms with E-state index in [-0.39, 0.29) is 6.79 Å². The third-order valence-corrected chi connectivity index (χ3v) is 4.94. The van der Waals surface area contributed by atoms with Crippen LogP contribution in [0.3, 0.4) is 0 Å². The molecule has 6 nitrogen and oxygen atoms in total. The third-order valence-electron chi connectivity index (χ3n) is 4.08. The smallest absolute Gasteiger partial charge is 0.231 e. The van der Waals surface area contributed by atoms with Gasteiger partial charge in [-0.05, 0) is 55.0 Å². The number of methoxy groups -OCH3 is 1. The average molecular weight is 381 g/mol. The fourth-order valence-corrected chi connectivity index (χ4v) is 3.63. The predicted molar refractivity (Wildman–Crippen MR) is 106 cm³/mol. The number of hydrogen-bond acceptors (Lipinski definition) is 6. The molecule has 0 N–H and O–H groups in total. The van der Waals surface area contributed by atoms with Gasteiger partial charge in [0.05, 0.1) is 19.0 Å². The minimum atomic E-state index is 0.260. The van der Waals surface area contributed by atoms with Gasteiger partial charge in [-0.1, -0.05) is 0 Å². The first-order valence-corrected chi connectivity index (χ1v) is 9.46. The molecular weight excluding hydrogens is 362 g/mol. The molecule has 0 unspecified atom stereocenters. The van der Waals surface area contributed by atoms with Gasteiger partial charge >= 0.3 is 0 Å². The molecule has 0 radical (unpaired) electrons. The highest BCUT2D eigenvalue weighted by Crippen LogP contribution is 2.32. The Morgan fingerprint density at radius 2 is 1.96 bits per heavy atom. The van der Waals surface area contributed by atoms with E-state index in [4.69, 9.17) is 14.2 Å². The molecule has 4 rings (SSSR count). The predicted octanol–water partition coefficient (Wildman–Crippen LogP) is 3.76. The van der Waals surface area contributed by atoms with Crippen LogP contribution in [0.25, 0.3) is 11.3 Å². The summed E-state index contributed by atoms with van der Waals surface area (Å²) in [6.07, 6.45) is 1.80. The highest BCUT2D eigenvalue weighted by molar-refractivity contribution is 7.07. The van der Waals surface area contributed by atoms with Crippen molar-refractivity contribution >= 4 is 17.6 Å². The molecule has 0 spiro atoms. The van der Waals surface area contributed by atoms with Crippen molar-refractivity contribution in [3.8, 4) is 28.5 Å². The van der Waals surface area contributed by atoms with Crippen molar-refractivity contribution < 1.29 is 14.2 Å². The minimum absolute atomic E-state index is 0.260. The zero-order valence-electron chi connectivity index (χ0n) is 15.1. The lowest BCUT2D eigenvalue weighted by molar-refractivity contribution is 0.174. The van der Waals surface area contributed by atoms with Crippen LogP contribution in [0.4, 0.5) is 0 Å². The van der Waals surface area contributed by atoms with E-state index in [1.54, 1.807) is 24.7 Å². The second kappa shape index (κ2) is 7.67. The summed E-state index contributed by atoms with van der Waals surface area (Å²) in [4.78, 5) is 5.40. The number of ether oxygens (including phenoxy) is 3. The maximum Gasteiger partial charge on any atom is 0.231 e. The van der Waals surface area contributed by atoms with Crippen molar-refractivity contribution in [3.63, 3.8) is 0 Å². The molecule has 0 fully saturated rings. The molecule has 0 atom stereocenters. The SMILES string of the molecule is CCN=c1scc(-c2ccc(OC)cc2)n1N=Cc1ccc2c(c1)OCO2. The van der Waals surface area contributed by atoms with Gasteiger partial charge in [-0.3, -0.25) is 4.99 Å². The largest absolute Gasteiger partial charge is 0.497 e. The molecule has 7 heteroatoms. The summed E-state index contributed by atoms with van der Waals surface area (Å²) in [6.45, 7) is 2.97. The topological polar surface area (TPSA) is 57.3 Å². The zero-order chi connectivity index (χ0) is 18.6. The molecule has 1 aliphatic heterocycles. The van der Waals surface area contributed by atoms with Crippen molar-refractivity contribution in [3.05, 3.63) is 58.2 Å². The van der Waals surface area contributed by atoms with Crippen LogP contribution in [-0.4, -0.2) is 31.3 Å². The molecule has 3 aromatic rings. The summed E-state index contributed by atoms with van der Waals surface area (Å²) < 4.78 is 17.9. The van der Waals surface area contributed by atoms with Crippen LogP contribution in [0, 0.1) is 0 Å². The summed E-state index contributed by atoms with van der Waals surface area (Å²) in [6, 6.07) is 13.7. The number of aromatic nitrogens is 1. The van der Waals surface area contributed by atoms with Crippen LogP contribution in [0.5, 0.6) is 17.2 Å². The summed E-state index contributed by atoms with van der Waals surface area (Å²) in [5, 5.41) is 6.74. The van der Waals surface area contributed by atoms with Gasteiger partial charge in [-0.25, -0.2) is 4.68 Å². The number of benzene rings is 2. The van der Waals surface area contributed by atoms with Crippen LogP contribution in [-0.2, 0) is 0 Å².